The van der Waals surface area contributed by atoms with Crippen molar-refractivity contribution in [1.29, 1.82) is 0 Å². The van der Waals surface area contributed by atoms with Crippen molar-refractivity contribution in [2.24, 2.45) is 0 Å². The van der Waals surface area contributed by atoms with E-state index in [9.17, 15) is 0 Å². The molecule has 0 saturated heterocycles. The van der Waals surface area contributed by atoms with E-state index in [4.69, 9.17) is 28.4 Å². The van der Waals surface area contributed by atoms with E-state index in [1.165, 1.54) is 22.3 Å². The second-order valence-electron chi connectivity index (χ2n) is 10.2. The zero-order valence-corrected chi connectivity index (χ0v) is 26.2. The highest BCUT2D eigenvalue weighted by molar-refractivity contribution is 7.13. The lowest BCUT2D eigenvalue weighted by molar-refractivity contribution is 0.395. The smallest absolute Gasteiger partial charge is 0.160 e. The van der Waals surface area contributed by atoms with E-state index in [2.05, 4.69) is 64.1 Å². The summed E-state index contributed by atoms with van der Waals surface area (Å²) < 4.78 is 34.9. The topological polar surface area (TPSA) is 55.4 Å². The maximum atomic E-state index is 5.82. The molecular formula is C33H40O6Si. The van der Waals surface area contributed by atoms with E-state index >= 15 is 0 Å². The van der Waals surface area contributed by atoms with E-state index in [1.807, 2.05) is 18.2 Å². The van der Waals surface area contributed by atoms with E-state index < -0.39 is 8.07 Å². The molecule has 0 N–H and O–H groups in total. The van der Waals surface area contributed by atoms with E-state index in [-0.39, 0.29) is 5.54 Å². The van der Waals surface area contributed by atoms with Crippen LogP contribution >= 0.6 is 0 Å². The van der Waals surface area contributed by atoms with Gasteiger partial charge in [-0.2, -0.15) is 0 Å². The minimum absolute atomic E-state index is 0.0814. The van der Waals surface area contributed by atoms with Crippen LogP contribution < -0.4 is 44.0 Å². The Morgan fingerprint density at radius 1 is 0.400 bits per heavy atom. The zero-order chi connectivity index (χ0) is 29.2. The van der Waals surface area contributed by atoms with Gasteiger partial charge < -0.3 is 28.4 Å². The molecule has 3 aromatic carbocycles. The van der Waals surface area contributed by atoms with Crippen LogP contribution in [0.1, 0.15) is 27.7 Å². The first-order valence-corrected chi connectivity index (χ1v) is 15.3. The number of hydrogen-bond acceptors (Lipinski definition) is 6. The third kappa shape index (κ3) is 4.83. The molecule has 1 aliphatic carbocycles. The van der Waals surface area contributed by atoms with Crippen molar-refractivity contribution in [3.05, 3.63) is 76.9 Å². The summed E-state index contributed by atoms with van der Waals surface area (Å²) in [6.45, 7) is 8.96. The largest absolute Gasteiger partial charge is 0.497 e. The maximum absolute atomic E-state index is 5.82. The maximum Gasteiger partial charge on any atom is 0.160 e. The van der Waals surface area contributed by atoms with Gasteiger partial charge in [0.25, 0.3) is 0 Å². The SMILES string of the molecule is COc1cc(OC)cc([Si](c2cc(OC)cc(OC)c2)(c2cc(OC)cc(OC)c2)C2C(C)=C(C)C(C)=C2C)c1. The summed E-state index contributed by atoms with van der Waals surface area (Å²) in [4.78, 5) is 0. The van der Waals surface area contributed by atoms with Gasteiger partial charge in [-0.15, -0.1) is 0 Å². The zero-order valence-electron chi connectivity index (χ0n) is 25.2. The quantitative estimate of drug-likeness (QED) is 0.249. The number of methoxy groups -OCH3 is 6. The summed E-state index contributed by atoms with van der Waals surface area (Å²) in [7, 11) is 7.03. The Morgan fingerprint density at radius 2 is 0.625 bits per heavy atom. The lowest BCUT2D eigenvalue weighted by Gasteiger charge is -2.41. The molecule has 0 bridgehead atoms. The molecule has 3 aromatic rings. The van der Waals surface area contributed by atoms with Crippen molar-refractivity contribution in [3.8, 4) is 34.5 Å². The summed E-state index contributed by atoms with van der Waals surface area (Å²) in [5.74, 6) is 4.36. The van der Waals surface area contributed by atoms with Crippen molar-refractivity contribution < 1.29 is 28.4 Å². The Hall–Kier alpha value is -3.84. The molecule has 1 aliphatic rings. The van der Waals surface area contributed by atoms with Crippen LogP contribution in [0, 0.1) is 0 Å². The summed E-state index contributed by atoms with van der Waals surface area (Å²) in [5, 5.41) is 3.38. The van der Waals surface area contributed by atoms with Gasteiger partial charge in [-0.05, 0) is 90.8 Å². The van der Waals surface area contributed by atoms with Crippen LogP contribution in [0.5, 0.6) is 34.5 Å². The molecule has 40 heavy (non-hydrogen) atoms. The second kappa shape index (κ2) is 11.7. The van der Waals surface area contributed by atoms with Gasteiger partial charge in [0.05, 0.1) is 42.7 Å². The van der Waals surface area contributed by atoms with Crippen LogP contribution in [0.2, 0.25) is 5.54 Å². The van der Waals surface area contributed by atoms with E-state index in [0.29, 0.717) is 0 Å². The summed E-state index contributed by atoms with van der Waals surface area (Å²) in [6, 6.07) is 18.6. The van der Waals surface area contributed by atoms with Gasteiger partial charge in [0.1, 0.15) is 34.5 Å². The molecule has 0 heterocycles. The normalized spacial score (nSPS) is 13.9. The molecule has 0 radical (unpaired) electrons. The van der Waals surface area contributed by atoms with Crippen LogP contribution in [0.4, 0.5) is 0 Å². The molecule has 0 fully saturated rings. The summed E-state index contributed by atoms with van der Waals surface area (Å²) >= 11 is 0. The fourth-order valence-electron chi connectivity index (χ4n) is 6.10. The predicted octanol–water partition coefficient (Wildman–Crippen LogP) is 5.27. The predicted molar refractivity (Wildman–Crippen MR) is 164 cm³/mol. The summed E-state index contributed by atoms with van der Waals surface area (Å²) in [6.07, 6.45) is 0. The van der Waals surface area contributed by atoms with Crippen molar-refractivity contribution >= 4 is 23.6 Å². The number of allylic oxidation sites excluding steroid dienone is 4. The molecule has 0 spiro atoms. The highest BCUT2D eigenvalue weighted by Crippen LogP contribution is 2.47. The van der Waals surface area contributed by atoms with Gasteiger partial charge in [-0.25, -0.2) is 0 Å². The lowest BCUT2D eigenvalue weighted by atomic mass is 10.1. The molecule has 0 amide bonds. The first kappa shape index (κ1) is 29.1. The van der Waals surface area contributed by atoms with Gasteiger partial charge in [0, 0.05) is 23.7 Å². The lowest BCUT2D eigenvalue weighted by Crippen LogP contribution is -2.70. The van der Waals surface area contributed by atoms with Crippen molar-refractivity contribution in [2.45, 2.75) is 33.2 Å². The molecule has 0 aliphatic heterocycles. The highest BCUT2D eigenvalue weighted by Gasteiger charge is 2.51. The van der Waals surface area contributed by atoms with Gasteiger partial charge in [-0.1, -0.05) is 11.1 Å². The van der Waals surface area contributed by atoms with Gasteiger partial charge in [-0.3, -0.25) is 0 Å². The molecule has 6 nitrogen and oxygen atoms in total. The van der Waals surface area contributed by atoms with Crippen LogP contribution in [-0.2, 0) is 0 Å². The highest BCUT2D eigenvalue weighted by atomic mass is 28.3. The minimum atomic E-state index is -3.08. The first-order chi connectivity index (χ1) is 19.2. The second-order valence-corrected chi connectivity index (χ2v) is 14.1. The average molecular weight is 561 g/mol. The fourth-order valence-corrected chi connectivity index (χ4v) is 12.1. The Labute approximate surface area is 239 Å². The number of benzene rings is 3. The minimum Gasteiger partial charge on any atom is -0.497 e. The Kier molecular flexibility index (Phi) is 8.54. The number of hydrogen-bond donors (Lipinski definition) is 0. The molecule has 0 aromatic heterocycles. The standard InChI is InChI=1S/C33H40O6Si/c1-20-21(2)23(4)33(22(20)3)40(30-14-24(34-5)11-25(15-30)35-6,31-16-26(36-7)12-27(17-31)37-8)32-18-28(38-9)13-29(19-32)39-10/h11-19,33H,1-10H3. The molecule has 4 rings (SSSR count). The van der Waals surface area contributed by atoms with Crippen LogP contribution in [0.3, 0.4) is 0 Å². The van der Waals surface area contributed by atoms with E-state index in [0.717, 1.165) is 50.1 Å². The van der Waals surface area contributed by atoms with Crippen molar-refractivity contribution in [3.63, 3.8) is 0 Å². The molecule has 0 atom stereocenters. The monoisotopic (exact) mass is 560 g/mol. The van der Waals surface area contributed by atoms with Crippen LogP contribution in [0.25, 0.3) is 0 Å². The fraction of sp³-hybridized carbons (Fsp3) is 0.333. The van der Waals surface area contributed by atoms with Crippen molar-refractivity contribution in [2.75, 3.05) is 42.7 Å². The summed E-state index contributed by atoms with van der Waals surface area (Å²) in [5.41, 5.74) is 5.40. The third-order valence-corrected chi connectivity index (χ3v) is 13.8. The molecule has 212 valence electrons. The first-order valence-electron chi connectivity index (χ1n) is 13.2. The van der Waals surface area contributed by atoms with Gasteiger partial charge >= 0.3 is 0 Å². The average Bonchev–Trinajstić information content (AvgIpc) is 3.19. The molecular weight excluding hydrogens is 520 g/mol. The van der Waals surface area contributed by atoms with Gasteiger partial charge in [0.2, 0.25) is 0 Å². The molecule has 7 heteroatoms. The van der Waals surface area contributed by atoms with E-state index in [1.54, 1.807) is 42.7 Å². The molecule has 0 unspecified atom stereocenters. The number of rotatable bonds is 10. The Bertz CT molecular complexity index is 1250. The Morgan fingerprint density at radius 3 is 0.825 bits per heavy atom. The molecule has 0 saturated carbocycles. The van der Waals surface area contributed by atoms with Crippen LogP contribution in [-0.4, -0.2) is 50.7 Å². The van der Waals surface area contributed by atoms with Crippen LogP contribution in [0.15, 0.2) is 76.9 Å². The number of ether oxygens (including phenoxy) is 6. The van der Waals surface area contributed by atoms with Crippen molar-refractivity contribution in [1.82, 2.24) is 0 Å². The Balaban J connectivity index is 2.31. The third-order valence-electron chi connectivity index (χ3n) is 8.46. The van der Waals surface area contributed by atoms with Gasteiger partial charge in [0.15, 0.2) is 8.07 Å².